The number of alkyl halides is 3. The Balaban J connectivity index is 1.47. The maximum Gasteiger partial charge on any atom is 0.416 e. The molecule has 0 aromatic heterocycles. The molecule has 1 fully saturated rings. The number of ether oxygens (including phenoxy) is 1. The minimum atomic E-state index is -4.50. The lowest BCUT2D eigenvalue weighted by atomic mass is 9.88. The number of carbonyl (C=O) groups is 1. The van der Waals surface area contributed by atoms with E-state index in [1.165, 1.54) is 29.2 Å². The Hall–Kier alpha value is -3.57. The maximum atomic E-state index is 13.8. The van der Waals surface area contributed by atoms with Crippen molar-refractivity contribution < 1.29 is 36.2 Å². The number of hydrogen-bond donors (Lipinski definition) is 2. The number of phenolic OH excluding ortho intramolecular Hbond substituents is 1. The molecule has 39 heavy (non-hydrogen) atoms. The molecule has 5 rings (SSSR count). The Kier molecular flexibility index (Phi) is 7.06. The minimum absolute atomic E-state index is 0.0485. The molecule has 0 saturated carbocycles. The van der Waals surface area contributed by atoms with Crippen molar-refractivity contribution in [2.75, 3.05) is 35.6 Å². The molecule has 0 radical (unpaired) electrons. The number of hydrogen-bond acceptors (Lipinski definition) is 5. The fourth-order valence-corrected chi connectivity index (χ4v) is 5.67. The zero-order chi connectivity index (χ0) is 27.9. The van der Waals surface area contributed by atoms with Crippen LogP contribution in [0.25, 0.3) is 11.1 Å². The SMILES string of the molecule is CS(=O)(=O)Nc1cc(N2CCc3cc(-c4cc(C5CCCOC5)cc(C(F)(F)F)c4)ccc3C2=O)ccc1O. The highest BCUT2D eigenvalue weighted by molar-refractivity contribution is 7.92. The fraction of sp³-hybridized carbons (Fsp3) is 0.321. The molecule has 1 saturated heterocycles. The van der Waals surface area contributed by atoms with Gasteiger partial charge in [0.05, 0.1) is 24.1 Å². The summed E-state index contributed by atoms with van der Waals surface area (Å²) in [6.07, 6.45) is -1.56. The first-order chi connectivity index (χ1) is 18.4. The third kappa shape index (κ3) is 5.89. The summed E-state index contributed by atoms with van der Waals surface area (Å²) in [6.45, 7) is 1.26. The van der Waals surface area contributed by atoms with E-state index in [0.29, 0.717) is 53.1 Å². The van der Waals surface area contributed by atoms with Crippen LogP contribution >= 0.6 is 0 Å². The van der Waals surface area contributed by atoms with E-state index in [1.54, 1.807) is 24.3 Å². The molecule has 1 amide bonds. The van der Waals surface area contributed by atoms with Crippen molar-refractivity contribution >= 4 is 27.3 Å². The maximum absolute atomic E-state index is 13.8. The van der Waals surface area contributed by atoms with Gasteiger partial charge in [-0.05, 0) is 77.9 Å². The van der Waals surface area contributed by atoms with Gasteiger partial charge in [0.1, 0.15) is 5.75 Å². The molecule has 1 unspecified atom stereocenters. The first-order valence-electron chi connectivity index (χ1n) is 12.4. The summed E-state index contributed by atoms with van der Waals surface area (Å²) in [5.74, 6) is -0.721. The van der Waals surface area contributed by atoms with E-state index in [2.05, 4.69) is 4.72 Å². The molecule has 206 valence electrons. The Labute approximate surface area is 224 Å². The zero-order valence-corrected chi connectivity index (χ0v) is 21.9. The van der Waals surface area contributed by atoms with Crippen LogP contribution in [0.4, 0.5) is 24.5 Å². The van der Waals surface area contributed by atoms with Gasteiger partial charge in [0.25, 0.3) is 5.91 Å². The van der Waals surface area contributed by atoms with E-state index in [9.17, 15) is 31.5 Å². The molecule has 3 aromatic rings. The number of anilines is 2. The molecular formula is C28H27F3N2O5S. The number of halogens is 3. The van der Waals surface area contributed by atoms with Crippen molar-refractivity contribution in [2.24, 2.45) is 0 Å². The van der Waals surface area contributed by atoms with E-state index in [1.807, 2.05) is 0 Å². The number of nitrogens with zero attached hydrogens (tertiary/aromatic N) is 1. The van der Waals surface area contributed by atoms with Crippen LogP contribution in [-0.4, -0.2) is 45.4 Å². The van der Waals surface area contributed by atoms with Crippen LogP contribution < -0.4 is 9.62 Å². The predicted octanol–water partition coefficient (Wildman–Crippen LogP) is 5.55. The Morgan fingerprint density at radius 3 is 2.54 bits per heavy atom. The van der Waals surface area contributed by atoms with Gasteiger partial charge >= 0.3 is 6.18 Å². The number of aromatic hydroxyl groups is 1. The summed E-state index contributed by atoms with van der Waals surface area (Å²) in [4.78, 5) is 14.8. The largest absolute Gasteiger partial charge is 0.506 e. The van der Waals surface area contributed by atoms with Crippen molar-refractivity contribution in [1.82, 2.24) is 0 Å². The van der Waals surface area contributed by atoms with Crippen LogP contribution in [0.15, 0.2) is 54.6 Å². The minimum Gasteiger partial charge on any atom is -0.506 e. The van der Waals surface area contributed by atoms with Crippen LogP contribution in [0.1, 0.15) is 45.8 Å². The molecule has 1 atom stereocenters. The molecule has 3 aromatic carbocycles. The first-order valence-corrected chi connectivity index (χ1v) is 14.3. The number of rotatable bonds is 5. The van der Waals surface area contributed by atoms with Gasteiger partial charge in [-0.1, -0.05) is 18.2 Å². The van der Waals surface area contributed by atoms with E-state index in [0.717, 1.165) is 25.2 Å². The lowest BCUT2D eigenvalue weighted by Crippen LogP contribution is -2.37. The molecule has 2 N–H and O–H groups in total. The van der Waals surface area contributed by atoms with Gasteiger partial charge in [-0.15, -0.1) is 0 Å². The standard InChI is InChI=1S/C28H27F3N2O5S/c1-39(36,37)32-25-15-23(5-7-26(25)34)33-9-8-18-11-17(4-6-24(18)27(33)35)20-12-21(19-3-2-10-38-16-19)14-22(13-20)28(29,30)31/h4-7,11-15,19,32,34H,2-3,8-10,16H2,1H3. The van der Waals surface area contributed by atoms with Gasteiger partial charge in [0.2, 0.25) is 10.0 Å². The highest BCUT2D eigenvalue weighted by Crippen LogP contribution is 2.38. The molecule has 0 spiro atoms. The van der Waals surface area contributed by atoms with Crippen molar-refractivity contribution in [2.45, 2.75) is 31.4 Å². The number of phenols is 1. The number of fused-ring (bicyclic) bond motifs is 1. The number of carbonyl (C=O) groups excluding carboxylic acids is 1. The van der Waals surface area contributed by atoms with Crippen LogP contribution in [0.2, 0.25) is 0 Å². The topological polar surface area (TPSA) is 95.9 Å². The van der Waals surface area contributed by atoms with Gasteiger partial charge < -0.3 is 14.7 Å². The van der Waals surface area contributed by atoms with Crippen molar-refractivity contribution in [3.05, 3.63) is 76.9 Å². The second kappa shape index (κ2) is 10.2. The van der Waals surface area contributed by atoms with Gasteiger partial charge in [0.15, 0.2) is 0 Å². The lowest BCUT2D eigenvalue weighted by molar-refractivity contribution is -0.137. The molecule has 0 bridgehead atoms. The molecule has 2 aliphatic heterocycles. The Bertz CT molecular complexity index is 1530. The molecular weight excluding hydrogens is 533 g/mol. The quantitative estimate of drug-likeness (QED) is 0.399. The van der Waals surface area contributed by atoms with E-state index >= 15 is 0 Å². The Morgan fingerprint density at radius 2 is 1.85 bits per heavy atom. The van der Waals surface area contributed by atoms with Gasteiger partial charge in [-0.25, -0.2) is 8.42 Å². The van der Waals surface area contributed by atoms with E-state index in [4.69, 9.17) is 4.74 Å². The second-order valence-electron chi connectivity index (χ2n) is 9.91. The van der Waals surface area contributed by atoms with Gasteiger partial charge in [-0.2, -0.15) is 13.2 Å². The Morgan fingerprint density at radius 1 is 1.05 bits per heavy atom. The summed E-state index contributed by atoms with van der Waals surface area (Å²) in [5, 5.41) is 10.0. The number of amides is 1. The van der Waals surface area contributed by atoms with Crippen LogP contribution in [0.5, 0.6) is 5.75 Å². The molecule has 0 aliphatic carbocycles. The first kappa shape index (κ1) is 27.0. The summed E-state index contributed by atoms with van der Waals surface area (Å²) >= 11 is 0. The van der Waals surface area contributed by atoms with Gasteiger partial charge in [0, 0.05) is 30.3 Å². The number of benzene rings is 3. The monoisotopic (exact) mass is 560 g/mol. The highest BCUT2D eigenvalue weighted by Gasteiger charge is 2.33. The fourth-order valence-electron chi connectivity index (χ4n) is 5.11. The summed E-state index contributed by atoms with van der Waals surface area (Å²) in [6, 6.07) is 13.3. The van der Waals surface area contributed by atoms with Crippen molar-refractivity contribution in [1.29, 1.82) is 0 Å². The van der Waals surface area contributed by atoms with Crippen LogP contribution in [0.3, 0.4) is 0 Å². The normalized spacial score (nSPS) is 18.1. The smallest absolute Gasteiger partial charge is 0.416 e. The van der Waals surface area contributed by atoms with E-state index in [-0.39, 0.29) is 29.8 Å². The third-order valence-electron chi connectivity index (χ3n) is 7.02. The second-order valence-corrected chi connectivity index (χ2v) is 11.7. The van der Waals surface area contributed by atoms with Crippen molar-refractivity contribution in [3.8, 4) is 16.9 Å². The predicted molar refractivity (Wildman–Crippen MR) is 142 cm³/mol. The van der Waals surface area contributed by atoms with Crippen molar-refractivity contribution in [3.63, 3.8) is 0 Å². The molecule has 2 aliphatic rings. The van der Waals surface area contributed by atoms with Crippen LogP contribution in [0, 0.1) is 0 Å². The molecule has 2 heterocycles. The molecule has 11 heteroatoms. The van der Waals surface area contributed by atoms with Gasteiger partial charge in [-0.3, -0.25) is 9.52 Å². The summed E-state index contributed by atoms with van der Waals surface area (Å²) < 4.78 is 72.3. The zero-order valence-electron chi connectivity index (χ0n) is 21.1. The summed E-state index contributed by atoms with van der Waals surface area (Å²) in [7, 11) is -3.65. The average molecular weight is 561 g/mol. The average Bonchev–Trinajstić information content (AvgIpc) is 2.89. The van der Waals surface area contributed by atoms with Crippen LogP contribution in [-0.2, 0) is 27.4 Å². The van der Waals surface area contributed by atoms with E-state index < -0.39 is 21.8 Å². The summed E-state index contributed by atoms with van der Waals surface area (Å²) in [5.41, 5.74) is 2.35. The highest BCUT2D eigenvalue weighted by atomic mass is 32.2. The molecule has 7 nitrogen and oxygen atoms in total. The number of sulfonamides is 1. The number of nitrogens with one attached hydrogen (secondary N) is 1. The third-order valence-corrected chi connectivity index (χ3v) is 7.61. The lowest BCUT2D eigenvalue weighted by Gasteiger charge is -2.29.